The number of hydrogen-bond donors (Lipinski definition) is 0. The SMILES string of the molecule is CCCCN(c1ccccc1)S(=O)(=O)c1cccc(F)c1. The zero-order valence-electron chi connectivity index (χ0n) is 11.9. The normalized spacial score (nSPS) is 11.3. The molecule has 21 heavy (non-hydrogen) atoms. The third kappa shape index (κ3) is 3.61. The molecule has 5 heteroatoms. The topological polar surface area (TPSA) is 37.4 Å². The third-order valence-corrected chi connectivity index (χ3v) is 4.97. The van der Waals surface area contributed by atoms with E-state index in [0.29, 0.717) is 12.2 Å². The second-order valence-corrected chi connectivity index (χ2v) is 6.59. The van der Waals surface area contributed by atoms with Gasteiger partial charge in [0.2, 0.25) is 0 Å². The van der Waals surface area contributed by atoms with Crippen LogP contribution in [-0.2, 0) is 10.0 Å². The summed E-state index contributed by atoms with van der Waals surface area (Å²) in [6, 6.07) is 14.0. The van der Waals surface area contributed by atoms with Crippen LogP contribution in [-0.4, -0.2) is 15.0 Å². The number of rotatable bonds is 6. The van der Waals surface area contributed by atoms with Gasteiger partial charge in [-0.15, -0.1) is 0 Å². The van der Waals surface area contributed by atoms with Crippen molar-refractivity contribution in [2.75, 3.05) is 10.8 Å². The summed E-state index contributed by atoms with van der Waals surface area (Å²) < 4.78 is 40.2. The quantitative estimate of drug-likeness (QED) is 0.813. The van der Waals surface area contributed by atoms with Gasteiger partial charge in [-0.1, -0.05) is 37.6 Å². The molecule has 0 aromatic heterocycles. The van der Waals surface area contributed by atoms with Crippen LogP contribution in [0.3, 0.4) is 0 Å². The molecule has 0 saturated carbocycles. The maximum atomic E-state index is 13.3. The maximum Gasteiger partial charge on any atom is 0.264 e. The first-order valence-electron chi connectivity index (χ1n) is 6.89. The maximum absolute atomic E-state index is 13.3. The van der Waals surface area contributed by atoms with E-state index in [2.05, 4.69) is 0 Å². The molecule has 0 spiro atoms. The molecule has 0 aliphatic carbocycles. The summed E-state index contributed by atoms with van der Waals surface area (Å²) in [6.07, 6.45) is 1.62. The van der Waals surface area contributed by atoms with Gasteiger partial charge in [0.05, 0.1) is 10.6 Å². The molecule has 2 rings (SSSR count). The van der Waals surface area contributed by atoms with Crippen molar-refractivity contribution in [1.82, 2.24) is 0 Å². The first-order chi connectivity index (χ1) is 10.1. The molecular weight excluding hydrogens is 289 g/mol. The number of unbranched alkanes of at least 4 members (excludes halogenated alkanes) is 1. The van der Waals surface area contributed by atoms with Gasteiger partial charge in [-0.25, -0.2) is 12.8 Å². The fourth-order valence-corrected chi connectivity index (χ4v) is 3.57. The largest absolute Gasteiger partial charge is 0.266 e. The van der Waals surface area contributed by atoms with Crippen molar-refractivity contribution in [2.45, 2.75) is 24.7 Å². The van der Waals surface area contributed by atoms with E-state index in [0.717, 1.165) is 18.9 Å². The van der Waals surface area contributed by atoms with Crippen LogP contribution in [0.15, 0.2) is 59.5 Å². The van der Waals surface area contributed by atoms with Crippen molar-refractivity contribution in [3.8, 4) is 0 Å². The Labute approximate surface area is 125 Å². The highest BCUT2D eigenvalue weighted by molar-refractivity contribution is 7.92. The van der Waals surface area contributed by atoms with Gasteiger partial charge < -0.3 is 0 Å². The summed E-state index contributed by atoms with van der Waals surface area (Å²) >= 11 is 0. The molecule has 0 N–H and O–H groups in total. The zero-order chi connectivity index (χ0) is 15.3. The molecule has 0 fully saturated rings. The number of anilines is 1. The molecule has 0 bridgehead atoms. The lowest BCUT2D eigenvalue weighted by Crippen LogP contribution is -2.32. The second-order valence-electron chi connectivity index (χ2n) is 4.72. The van der Waals surface area contributed by atoms with Crippen molar-refractivity contribution in [2.24, 2.45) is 0 Å². The van der Waals surface area contributed by atoms with Gasteiger partial charge in [0.25, 0.3) is 10.0 Å². The van der Waals surface area contributed by atoms with Gasteiger partial charge in [-0.2, -0.15) is 0 Å². The minimum Gasteiger partial charge on any atom is -0.266 e. The number of nitrogens with zero attached hydrogens (tertiary/aromatic N) is 1. The van der Waals surface area contributed by atoms with Gasteiger partial charge in [-0.05, 0) is 36.8 Å². The molecule has 3 nitrogen and oxygen atoms in total. The Hall–Kier alpha value is -1.88. The molecule has 0 amide bonds. The summed E-state index contributed by atoms with van der Waals surface area (Å²) in [4.78, 5) is -0.0255. The predicted molar refractivity (Wildman–Crippen MR) is 82.3 cm³/mol. The minimum atomic E-state index is -3.76. The molecule has 112 valence electrons. The number of sulfonamides is 1. The Morgan fingerprint density at radius 1 is 1.05 bits per heavy atom. The predicted octanol–water partition coefficient (Wildman–Crippen LogP) is 3.82. The number of hydrogen-bond acceptors (Lipinski definition) is 2. The standard InChI is InChI=1S/C16H18FNO2S/c1-2-3-12-18(15-9-5-4-6-10-15)21(19,20)16-11-7-8-14(17)13-16/h4-11,13H,2-3,12H2,1H3. The molecule has 0 saturated heterocycles. The first-order valence-corrected chi connectivity index (χ1v) is 8.33. The van der Waals surface area contributed by atoms with Gasteiger partial charge in [-0.3, -0.25) is 4.31 Å². The highest BCUT2D eigenvalue weighted by Crippen LogP contribution is 2.24. The van der Waals surface area contributed by atoms with Crippen LogP contribution in [0.2, 0.25) is 0 Å². The van der Waals surface area contributed by atoms with Crippen LogP contribution in [0.25, 0.3) is 0 Å². The van der Waals surface area contributed by atoms with Crippen molar-refractivity contribution in [3.05, 3.63) is 60.4 Å². The molecule has 0 heterocycles. The third-order valence-electron chi connectivity index (χ3n) is 3.14. The average Bonchev–Trinajstić information content (AvgIpc) is 2.48. The van der Waals surface area contributed by atoms with Crippen LogP contribution >= 0.6 is 0 Å². The minimum absolute atomic E-state index is 0.0255. The summed E-state index contributed by atoms with van der Waals surface area (Å²) in [5.74, 6) is -0.556. The lowest BCUT2D eigenvalue weighted by Gasteiger charge is -2.24. The van der Waals surface area contributed by atoms with Gasteiger partial charge >= 0.3 is 0 Å². The lowest BCUT2D eigenvalue weighted by molar-refractivity contribution is 0.584. The van der Waals surface area contributed by atoms with Crippen molar-refractivity contribution in [1.29, 1.82) is 0 Å². The number of benzene rings is 2. The zero-order valence-corrected chi connectivity index (χ0v) is 12.7. The molecular formula is C16H18FNO2S. The van der Waals surface area contributed by atoms with E-state index in [9.17, 15) is 12.8 Å². The van der Waals surface area contributed by atoms with Gasteiger partial charge in [0.15, 0.2) is 0 Å². The van der Waals surface area contributed by atoms with E-state index in [-0.39, 0.29) is 4.90 Å². The molecule has 0 aliphatic rings. The van der Waals surface area contributed by atoms with Gasteiger partial charge in [0, 0.05) is 6.54 Å². The van der Waals surface area contributed by atoms with E-state index < -0.39 is 15.8 Å². The van der Waals surface area contributed by atoms with Crippen molar-refractivity contribution < 1.29 is 12.8 Å². The van der Waals surface area contributed by atoms with Crippen LogP contribution in [0.4, 0.5) is 10.1 Å². The summed E-state index contributed by atoms with van der Waals surface area (Å²) in [7, 11) is -3.76. The Bertz CT molecular complexity index is 686. The van der Waals surface area contributed by atoms with E-state index in [1.54, 1.807) is 24.3 Å². The fourth-order valence-electron chi connectivity index (χ4n) is 2.04. The summed E-state index contributed by atoms with van der Waals surface area (Å²) in [5.41, 5.74) is 0.593. The van der Waals surface area contributed by atoms with E-state index >= 15 is 0 Å². The second kappa shape index (κ2) is 6.72. The fraction of sp³-hybridized carbons (Fsp3) is 0.250. The Morgan fingerprint density at radius 3 is 2.38 bits per heavy atom. The van der Waals surface area contributed by atoms with Crippen LogP contribution in [0.5, 0.6) is 0 Å². The molecule has 2 aromatic carbocycles. The molecule has 0 unspecified atom stereocenters. The number of para-hydroxylation sites is 1. The number of halogens is 1. The van der Waals surface area contributed by atoms with Crippen LogP contribution in [0.1, 0.15) is 19.8 Å². The van der Waals surface area contributed by atoms with E-state index in [1.807, 2.05) is 13.0 Å². The monoisotopic (exact) mass is 307 g/mol. The first kappa shape index (κ1) is 15.5. The average molecular weight is 307 g/mol. The van der Waals surface area contributed by atoms with E-state index in [4.69, 9.17) is 0 Å². The Kier molecular flexibility index (Phi) is 4.96. The Morgan fingerprint density at radius 2 is 1.76 bits per heavy atom. The molecule has 0 aliphatic heterocycles. The molecule has 2 aromatic rings. The van der Waals surface area contributed by atoms with E-state index in [1.165, 1.54) is 22.5 Å². The van der Waals surface area contributed by atoms with Crippen LogP contribution in [0, 0.1) is 5.82 Å². The van der Waals surface area contributed by atoms with Crippen molar-refractivity contribution >= 4 is 15.7 Å². The lowest BCUT2D eigenvalue weighted by atomic mass is 10.3. The summed E-state index contributed by atoms with van der Waals surface area (Å²) in [5, 5.41) is 0. The molecule has 0 atom stereocenters. The van der Waals surface area contributed by atoms with Crippen molar-refractivity contribution in [3.63, 3.8) is 0 Å². The Balaban J connectivity index is 2.44. The van der Waals surface area contributed by atoms with Crippen LogP contribution < -0.4 is 4.31 Å². The molecule has 0 radical (unpaired) electrons. The smallest absolute Gasteiger partial charge is 0.264 e. The highest BCUT2D eigenvalue weighted by atomic mass is 32.2. The van der Waals surface area contributed by atoms with Gasteiger partial charge in [0.1, 0.15) is 5.82 Å². The highest BCUT2D eigenvalue weighted by Gasteiger charge is 2.24. The summed E-state index contributed by atoms with van der Waals surface area (Å²) in [6.45, 7) is 2.37.